The molecule has 4 bridgehead atoms. The summed E-state index contributed by atoms with van der Waals surface area (Å²) in [6, 6.07) is 13.8. The molecule has 0 unspecified atom stereocenters. The Labute approximate surface area is 255 Å². The highest BCUT2D eigenvalue weighted by Gasteiger charge is 2.40. The number of sulfonamides is 1. The number of aryl methyl sites for hydroxylation is 2. The lowest BCUT2D eigenvalue weighted by atomic mass is 9.76. The van der Waals surface area contributed by atoms with Gasteiger partial charge in [0.2, 0.25) is 11.8 Å². The zero-order valence-electron chi connectivity index (χ0n) is 26.0. The first-order valence-electron chi connectivity index (χ1n) is 15.1. The van der Waals surface area contributed by atoms with E-state index in [1.807, 2.05) is 36.9 Å². The molecular weight excluding hydrogens is 562 g/mol. The van der Waals surface area contributed by atoms with Crippen molar-refractivity contribution >= 4 is 21.9 Å². The van der Waals surface area contributed by atoms with Gasteiger partial charge in [-0.15, -0.1) is 0 Å². The summed E-state index contributed by atoms with van der Waals surface area (Å²) in [5.74, 6) is 0.867. The van der Waals surface area contributed by atoms with E-state index in [1.165, 1.54) is 12.1 Å². The van der Waals surface area contributed by atoms with Crippen LogP contribution in [0.15, 0.2) is 53.4 Å². The molecule has 2 aromatic carbocycles. The number of nitrogens with one attached hydrogen (secondary N) is 1. The summed E-state index contributed by atoms with van der Waals surface area (Å²) < 4.78 is 36.0. The number of carbonyl (C=O) groups is 1. The SMILES string of the molecule is Cc1cccc(C)c1-c1cc2nc(n1)NS(=O)(=O)c1cccc(c1)C(=O)N(C1CC(CCN(C)C)C1)[C@H](CC(C)C)CO2. The lowest BCUT2D eigenvalue weighted by Crippen LogP contribution is -2.55. The minimum atomic E-state index is -4.09. The number of rotatable bonds is 7. The molecule has 1 amide bonds. The lowest BCUT2D eigenvalue weighted by molar-refractivity contribution is 0.0123. The Morgan fingerprint density at radius 1 is 1.05 bits per heavy atom. The van der Waals surface area contributed by atoms with Crippen LogP contribution in [-0.4, -0.2) is 73.4 Å². The van der Waals surface area contributed by atoms with Crippen molar-refractivity contribution in [1.82, 2.24) is 19.8 Å². The number of amides is 1. The van der Waals surface area contributed by atoms with Crippen LogP contribution in [0.5, 0.6) is 5.88 Å². The number of benzene rings is 2. The standard InChI is InChI=1S/C33H43N5O4S/c1-21(2)15-27-20-42-30-19-29(31-22(3)9-7-10-23(31)4)34-33(35-30)36-43(40,41)28-12-8-11-25(18-28)32(39)38(27)26-16-24(17-26)13-14-37(5)6/h7-12,18-19,21,24,26-27H,13-17,20H2,1-6H3,(H,34,35,36)/t24?,26?,27-/m1/s1. The van der Waals surface area contributed by atoms with Gasteiger partial charge in [-0.2, -0.15) is 4.98 Å². The van der Waals surface area contributed by atoms with Gasteiger partial charge in [-0.05, 0) is 101 Å². The lowest BCUT2D eigenvalue weighted by Gasteiger charge is -2.47. The van der Waals surface area contributed by atoms with Crippen molar-refractivity contribution < 1.29 is 17.9 Å². The van der Waals surface area contributed by atoms with E-state index in [1.54, 1.807) is 18.2 Å². The van der Waals surface area contributed by atoms with Gasteiger partial charge in [0, 0.05) is 23.2 Å². The van der Waals surface area contributed by atoms with Crippen molar-refractivity contribution in [2.45, 2.75) is 70.4 Å². The molecule has 5 rings (SSSR count). The number of hydrogen-bond donors (Lipinski definition) is 1. The van der Waals surface area contributed by atoms with E-state index in [2.05, 4.69) is 47.5 Å². The Kier molecular flexibility index (Phi) is 9.08. The molecule has 1 N–H and O–H groups in total. The van der Waals surface area contributed by atoms with E-state index in [4.69, 9.17) is 4.74 Å². The fraction of sp³-hybridized carbons (Fsp3) is 0.485. The highest BCUT2D eigenvalue weighted by atomic mass is 32.2. The molecule has 2 heterocycles. The summed E-state index contributed by atoms with van der Waals surface area (Å²) in [5.41, 5.74) is 3.82. The van der Waals surface area contributed by atoms with Gasteiger partial charge >= 0.3 is 0 Å². The Morgan fingerprint density at radius 3 is 2.42 bits per heavy atom. The fourth-order valence-corrected chi connectivity index (χ4v) is 7.23. The highest BCUT2D eigenvalue weighted by Crippen LogP contribution is 2.38. The van der Waals surface area contributed by atoms with Gasteiger partial charge in [-0.3, -0.25) is 4.79 Å². The van der Waals surface area contributed by atoms with Gasteiger partial charge in [0.1, 0.15) is 6.61 Å². The number of aromatic nitrogens is 2. The van der Waals surface area contributed by atoms with E-state index in [-0.39, 0.29) is 41.3 Å². The molecule has 9 nitrogen and oxygen atoms in total. The molecular formula is C33H43N5O4S. The average Bonchev–Trinajstić information content (AvgIpc) is 2.91. The minimum absolute atomic E-state index is 0.0148. The van der Waals surface area contributed by atoms with E-state index in [0.717, 1.165) is 48.9 Å². The Morgan fingerprint density at radius 2 is 1.74 bits per heavy atom. The molecule has 1 aromatic heterocycles. The molecule has 1 saturated carbocycles. The van der Waals surface area contributed by atoms with E-state index >= 15 is 0 Å². The van der Waals surface area contributed by atoms with Crippen LogP contribution >= 0.6 is 0 Å². The number of fused-ring (bicyclic) bond motifs is 4. The van der Waals surface area contributed by atoms with Crippen LogP contribution < -0.4 is 9.46 Å². The van der Waals surface area contributed by atoms with Gasteiger partial charge in [0.25, 0.3) is 15.9 Å². The predicted octanol–water partition coefficient (Wildman–Crippen LogP) is 5.54. The second kappa shape index (κ2) is 12.6. The monoisotopic (exact) mass is 605 g/mol. The molecule has 1 fully saturated rings. The largest absolute Gasteiger partial charge is 0.475 e. The Bertz CT molecular complexity index is 1560. The van der Waals surface area contributed by atoms with Crippen LogP contribution in [0.3, 0.4) is 0 Å². The third-order valence-electron chi connectivity index (χ3n) is 8.44. The number of nitrogens with zero attached hydrogens (tertiary/aromatic N) is 4. The zero-order valence-corrected chi connectivity index (χ0v) is 26.8. The van der Waals surface area contributed by atoms with E-state index in [0.29, 0.717) is 23.1 Å². The maximum absolute atomic E-state index is 14.2. The second-order valence-electron chi connectivity index (χ2n) is 12.7. The van der Waals surface area contributed by atoms with Crippen LogP contribution in [0.25, 0.3) is 11.3 Å². The molecule has 43 heavy (non-hydrogen) atoms. The van der Waals surface area contributed by atoms with Crippen molar-refractivity contribution in [3.63, 3.8) is 0 Å². The molecule has 0 radical (unpaired) electrons. The molecule has 10 heteroatoms. The number of ether oxygens (including phenoxy) is 1. The summed E-state index contributed by atoms with van der Waals surface area (Å²) in [6.07, 6.45) is 3.66. The summed E-state index contributed by atoms with van der Waals surface area (Å²) in [4.78, 5) is 27.5. The predicted molar refractivity (Wildman–Crippen MR) is 169 cm³/mol. The first kappa shape index (κ1) is 30.9. The smallest absolute Gasteiger partial charge is 0.264 e. The second-order valence-corrected chi connectivity index (χ2v) is 14.4. The Hall–Kier alpha value is -3.50. The van der Waals surface area contributed by atoms with Crippen LogP contribution in [0.1, 0.15) is 61.0 Å². The molecule has 230 valence electrons. The summed E-state index contributed by atoms with van der Waals surface area (Å²) in [5, 5.41) is 0. The quantitative estimate of drug-likeness (QED) is 0.377. The Balaban J connectivity index is 1.59. The van der Waals surface area contributed by atoms with Crippen LogP contribution in [0.4, 0.5) is 5.95 Å². The van der Waals surface area contributed by atoms with Gasteiger partial charge in [0.15, 0.2) is 0 Å². The van der Waals surface area contributed by atoms with E-state index in [9.17, 15) is 13.2 Å². The molecule has 0 spiro atoms. The average molecular weight is 606 g/mol. The maximum atomic E-state index is 14.2. The van der Waals surface area contributed by atoms with Crippen molar-refractivity contribution in [1.29, 1.82) is 0 Å². The number of anilines is 1. The topological polar surface area (TPSA) is 105 Å². The first-order valence-corrected chi connectivity index (χ1v) is 16.6. The minimum Gasteiger partial charge on any atom is -0.475 e. The fourth-order valence-electron chi connectivity index (χ4n) is 6.24. The van der Waals surface area contributed by atoms with Crippen LogP contribution in [-0.2, 0) is 10.0 Å². The molecule has 3 aromatic rings. The van der Waals surface area contributed by atoms with Gasteiger partial charge in [-0.25, -0.2) is 18.1 Å². The molecule has 1 atom stereocenters. The summed E-state index contributed by atoms with van der Waals surface area (Å²) in [7, 11) is 0.0631. The van der Waals surface area contributed by atoms with Gasteiger partial charge in [0.05, 0.1) is 16.6 Å². The van der Waals surface area contributed by atoms with Crippen molar-refractivity contribution in [2.75, 3.05) is 32.0 Å². The van der Waals surface area contributed by atoms with Gasteiger partial charge < -0.3 is 14.5 Å². The van der Waals surface area contributed by atoms with Crippen LogP contribution in [0, 0.1) is 25.7 Å². The summed E-state index contributed by atoms with van der Waals surface area (Å²) in [6.45, 7) is 9.52. The maximum Gasteiger partial charge on any atom is 0.264 e. The van der Waals surface area contributed by atoms with Crippen LogP contribution in [0.2, 0.25) is 0 Å². The van der Waals surface area contributed by atoms with E-state index < -0.39 is 10.0 Å². The highest BCUT2D eigenvalue weighted by molar-refractivity contribution is 7.92. The number of carbonyl (C=O) groups excluding carboxylic acids is 1. The van der Waals surface area contributed by atoms with Crippen molar-refractivity contribution in [3.8, 4) is 17.1 Å². The normalized spacial score (nSPS) is 21.7. The molecule has 1 aliphatic carbocycles. The third kappa shape index (κ3) is 7.02. The third-order valence-corrected chi connectivity index (χ3v) is 9.77. The van der Waals surface area contributed by atoms with Crippen molar-refractivity contribution in [2.24, 2.45) is 11.8 Å². The number of hydrogen-bond acceptors (Lipinski definition) is 7. The molecule has 2 aliphatic rings. The first-order chi connectivity index (χ1) is 20.4. The summed E-state index contributed by atoms with van der Waals surface area (Å²) >= 11 is 0. The zero-order chi connectivity index (χ0) is 30.9. The molecule has 0 saturated heterocycles. The van der Waals surface area contributed by atoms with Gasteiger partial charge in [-0.1, -0.05) is 38.1 Å². The molecule has 1 aliphatic heterocycles. The van der Waals surface area contributed by atoms with Crippen molar-refractivity contribution in [3.05, 3.63) is 65.2 Å².